The molecule has 29 heavy (non-hydrogen) atoms. The van der Waals surface area contributed by atoms with E-state index in [2.05, 4.69) is 13.0 Å². The van der Waals surface area contributed by atoms with Gasteiger partial charge in [-0.15, -0.1) is 0 Å². The number of rotatable bonds is 1. The summed E-state index contributed by atoms with van der Waals surface area (Å²) in [5, 5.41) is 0. The standard InChI is InChI=1S/C23H36N2O4/c1-15-11-16-7-5-8-17(12-16)20(15)28-21(26)24-13-18-9-6-10-25(19(18)14-24)22(27)29-23(2,3)4/h11,15,17-20H,5-10,12-14H2,1-4H3/t15?,17?,18-,19+,20?/m1/s1. The Morgan fingerprint density at radius 3 is 2.59 bits per heavy atom. The second-order valence-electron chi connectivity index (χ2n) is 10.4. The van der Waals surface area contributed by atoms with Gasteiger partial charge in [-0.05, 0) is 65.2 Å². The number of likely N-dealkylation sites (tertiary alicyclic amines) is 2. The molecule has 6 nitrogen and oxygen atoms in total. The number of hydrogen-bond acceptors (Lipinski definition) is 4. The molecule has 2 amide bonds. The summed E-state index contributed by atoms with van der Waals surface area (Å²) in [7, 11) is 0. The normalized spacial score (nSPS) is 34.3. The molecule has 0 N–H and O–H groups in total. The van der Waals surface area contributed by atoms with Gasteiger partial charge >= 0.3 is 12.2 Å². The van der Waals surface area contributed by atoms with Gasteiger partial charge in [0.05, 0.1) is 6.04 Å². The van der Waals surface area contributed by atoms with Crippen molar-refractivity contribution in [1.29, 1.82) is 0 Å². The summed E-state index contributed by atoms with van der Waals surface area (Å²) in [6.07, 6.45) is 8.48. The Labute approximate surface area is 174 Å². The molecule has 5 atom stereocenters. The van der Waals surface area contributed by atoms with Gasteiger partial charge in [-0.25, -0.2) is 9.59 Å². The Balaban J connectivity index is 1.39. The Bertz CT molecular complexity index is 683. The predicted octanol–water partition coefficient (Wildman–Crippen LogP) is 4.59. The van der Waals surface area contributed by atoms with Gasteiger partial charge in [0, 0.05) is 31.5 Å². The number of hydrogen-bond donors (Lipinski definition) is 0. The molecular formula is C23H36N2O4. The van der Waals surface area contributed by atoms with E-state index >= 15 is 0 Å². The number of nitrogens with zero attached hydrogens (tertiary/aromatic N) is 2. The number of allylic oxidation sites excluding steroid dienone is 1. The Kier molecular flexibility index (Phi) is 5.56. The molecule has 1 saturated carbocycles. The number of carbonyl (C=O) groups is 2. The lowest BCUT2D eigenvalue weighted by Crippen LogP contribution is -2.50. The van der Waals surface area contributed by atoms with E-state index in [9.17, 15) is 9.59 Å². The summed E-state index contributed by atoms with van der Waals surface area (Å²) in [5.41, 5.74) is 1.03. The van der Waals surface area contributed by atoms with Crippen LogP contribution in [0, 0.1) is 17.8 Å². The molecule has 2 aliphatic heterocycles. The van der Waals surface area contributed by atoms with Gasteiger partial charge in [-0.2, -0.15) is 0 Å². The topological polar surface area (TPSA) is 59.1 Å². The van der Waals surface area contributed by atoms with Gasteiger partial charge in [0.1, 0.15) is 11.7 Å². The molecule has 162 valence electrons. The largest absolute Gasteiger partial charge is 0.445 e. The predicted molar refractivity (Wildman–Crippen MR) is 110 cm³/mol. The van der Waals surface area contributed by atoms with Crippen LogP contribution in [0.2, 0.25) is 0 Å². The van der Waals surface area contributed by atoms with Crippen LogP contribution in [0.3, 0.4) is 0 Å². The fourth-order valence-corrected chi connectivity index (χ4v) is 5.73. The number of fused-ring (bicyclic) bond motifs is 3. The summed E-state index contributed by atoms with van der Waals surface area (Å²) < 4.78 is 11.7. The van der Waals surface area contributed by atoms with E-state index in [1.807, 2.05) is 30.6 Å². The average molecular weight is 405 g/mol. The zero-order chi connectivity index (χ0) is 20.8. The number of ether oxygens (including phenoxy) is 2. The van der Waals surface area contributed by atoms with Crippen LogP contribution in [-0.2, 0) is 9.47 Å². The Morgan fingerprint density at radius 2 is 1.83 bits per heavy atom. The fourth-order valence-electron chi connectivity index (χ4n) is 5.73. The van der Waals surface area contributed by atoms with Crippen molar-refractivity contribution >= 4 is 12.2 Å². The van der Waals surface area contributed by atoms with Gasteiger partial charge in [0.15, 0.2) is 0 Å². The van der Waals surface area contributed by atoms with Gasteiger partial charge < -0.3 is 19.3 Å². The maximum atomic E-state index is 13.0. The van der Waals surface area contributed by atoms with Crippen LogP contribution < -0.4 is 0 Å². The van der Waals surface area contributed by atoms with Crippen LogP contribution in [-0.4, -0.2) is 59.4 Å². The number of amides is 2. The van der Waals surface area contributed by atoms with E-state index in [1.54, 1.807) is 5.57 Å². The highest BCUT2D eigenvalue weighted by atomic mass is 16.6. The van der Waals surface area contributed by atoms with Crippen LogP contribution in [0.4, 0.5) is 9.59 Å². The Morgan fingerprint density at radius 1 is 1.07 bits per heavy atom. The zero-order valence-corrected chi connectivity index (χ0v) is 18.4. The van der Waals surface area contributed by atoms with Crippen molar-refractivity contribution < 1.29 is 19.1 Å². The minimum Gasteiger partial charge on any atom is -0.445 e. The molecule has 0 spiro atoms. The van der Waals surface area contributed by atoms with Crippen LogP contribution in [0.25, 0.3) is 0 Å². The van der Waals surface area contributed by atoms with E-state index < -0.39 is 5.60 Å². The second kappa shape index (κ2) is 7.84. The Hall–Kier alpha value is -1.72. The SMILES string of the molecule is CC1C=C2CCCC(C2)C1OC(=O)N1C[C@H]2CCCN(C(=O)OC(C)(C)C)[C@H]2C1. The van der Waals surface area contributed by atoms with Crippen molar-refractivity contribution in [2.24, 2.45) is 17.8 Å². The monoisotopic (exact) mass is 404 g/mol. The molecule has 2 saturated heterocycles. The summed E-state index contributed by atoms with van der Waals surface area (Å²) in [5.74, 6) is 1.07. The molecule has 2 aliphatic carbocycles. The number of piperidine rings is 1. The van der Waals surface area contributed by atoms with E-state index in [0.29, 0.717) is 31.5 Å². The quantitative estimate of drug-likeness (QED) is 0.600. The molecule has 0 aromatic rings. The fraction of sp³-hybridized carbons (Fsp3) is 0.826. The van der Waals surface area contributed by atoms with E-state index in [1.165, 1.54) is 12.8 Å². The third-order valence-corrected chi connectivity index (χ3v) is 6.98. The van der Waals surface area contributed by atoms with Crippen molar-refractivity contribution in [3.63, 3.8) is 0 Å². The van der Waals surface area contributed by atoms with E-state index in [-0.39, 0.29) is 30.3 Å². The van der Waals surface area contributed by atoms with Crippen molar-refractivity contribution in [3.8, 4) is 0 Å². The van der Waals surface area contributed by atoms with Crippen molar-refractivity contribution in [2.45, 2.75) is 84.0 Å². The molecule has 0 aromatic heterocycles. The van der Waals surface area contributed by atoms with Crippen LogP contribution >= 0.6 is 0 Å². The third kappa shape index (κ3) is 4.41. The molecular weight excluding hydrogens is 368 g/mol. The minimum absolute atomic E-state index is 0.0175. The van der Waals surface area contributed by atoms with Crippen molar-refractivity contribution in [1.82, 2.24) is 9.80 Å². The van der Waals surface area contributed by atoms with Crippen molar-refractivity contribution in [3.05, 3.63) is 11.6 Å². The molecule has 4 aliphatic rings. The van der Waals surface area contributed by atoms with E-state index in [4.69, 9.17) is 9.47 Å². The average Bonchev–Trinajstić information content (AvgIpc) is 3.08. The third-order valence-electron chi connectivity index (χ3n) is 6.98. The maximum Gasteiger partial charge on any atom is 0.410 e. The van der Waals surface area contributed by atoms with Crippen LogP contribution in [0.5, 0.6) is 0 Å². The molecule has 4 rings (SSSR count). The maximum absolute atomic E-state index is 13.0. The lowest BCUT2D eigenvalue weighted by atomic mass is 9.73. The minimum atomic E-state index is -0.509. The highest BCUT2D eigenvalue weighted by Gasteiger charge is 2.45. The lowest BCUT2D eigenvalue weighted by molar-refractivity contribution is 0.00222. The van der Waals surface area contributed by atoms with Crippen LogP contribution in [0.1, 0.15) is 66.2 Å². The molecule has 0 radical (unpaired) electrons. The van der Waals surface area contributed by atoms with Gasteiger partial charge in [0.2, 0.25) is 0 Å². The smallest absolute Gasteiger partial charge is 0.410 e. The van der Waals surface area contributed by atoms with Gasteiger partial charge in [0.25, 0.3) is 0 Å². The van der Waals surface area contributed by atoms with E-state index in [0.717, 1.165) is 25.7 Å². The molecule has 0 aromatic carbocycles. The molecule has 3 unspecified atom stereocenters. The highest BCUT2D eigenvalue weighted by molar-refractivity contribution is 5.71. The highest BCUT2D eigenvalue weighted by Crippen LogP contribution is 2.40. The van der Waals surface area contributed by atoms with Gasteiger partial charge in [-0.1, -0.05) is 18.6 Å². The van der Waals surface area contributed by atoms with Crippen molar-refractivity contribution in [2.75, 3.05) is 19.6 Å². The first-order chi connectivity index (χ1) is 13.7. The lowest BCUT2D eigenvalue weighted by Gasteiger charge is -2.39. The summed E-state index contributed by atoms with van der Waals surface area (Å²) in [6.45, 7) is 9.77. The zero-order valence-electron chi connectivity index (χ0n) is 18.4. The molecule has 6 heteroatoms. The summed E-state index contributed by atoms with van der Waals surface area (Å²) in [4.78, 5) is 29.4. The number of carbonyl (C=O) groups excluding carboxylic acids is 2. The second-order valence-corrected chi connectivity index (χ2v) is 10.4. The molecule has 2 bridgehead atoms. The van der Waals surface area contributed by atoms with Gasteiger partial charge in [-0.3, -0.25) is 0 Å². The molecule has 3 fully saturated rings. The summed E-state index contributed by atoms with van der Waals surface area (Å²) >= 11 is 0. The molecule has 2 heterocycles. The first-order valence-electron chi connectivity index (χ1n) is 11.4. The van der Waals surface area contributed by atoms with Crippen LogP contribution in [0.15, 0.2) is 11.6 Å². The first-order valence-corrected chi connectivity index (χ1v) is 11.4. The first kappa shape index (κ1) is 20.5. The summed E-state index contributed by atoms with van der Waals surface area (Å²) in [6, 6.07) is 0.0381.